The van der Waals surface area contributed by atoms with E-state index in [0.717, 1.165) is 17.3 Å². The average Bonchev–Trinajstić information content (AvgIpc) is 2.89. The van der Waals surface area contributed by atoms with Crippen LogP contribution in [0.5, 0.6) is 0 Å². The Hall–Kier alpha value is -0.190. The van der Waals surface area contributed by atoms with E-state index in [0.29, 0.717) is 0 Å². The van der Waals surface area contributed by atoms with Crippen molar-refractivity contribution in [2.24, 2.45) is 0 Å². The summed E-state index contributed by atoms with van der Waals surface area (Å²) in [5.41, 5.74) is 1.13. The third kappa shape index (κ3) is 2.35. The number of hydrogen-bond acceptors (Lipinski definition) is 3. The molecule has 0 saturated carbocycles. The fourth-order valence-corrected chi connectivity index (χ4v) is 4.36. The van der Waals surface area contributed by atoms with Gasteiger partial charge in [0.05, 0.1) is 23.0 Å². The molecule has 1 saturated heterocycles. The SMILES string of the molecule is CCn1ncc(Cl)c1C(NC)C1(C)CCCS1. The van der Waals surface area contributed by atoms with Crippen LogP contribution in [0.15, 0.2) is 6.20 Å². The van der Waals surface area contributed by atoms with Crippen LogP contribution in [-0.4, -0.2) is 27.3 Å². The molecule has 1 aliphatic heterocycles. The summed E-state index contributed by atoms with van der Waals surface area (Å²) < 4.78 is 2.24. The molecule has 2 rings (SSSR count). The monoisotopic (exact) mass is 273 g/mol. The van der Waals surface area contributed by atoms with Gasteiger partial charge in [-0.1, -0.05) is 11.6 Å². The van der Waals surface area contributed by atoms with E-state index in [1.807, 2.05) is 23.5 Å². The quantitative estimate of drug-likeness (QED) is 0.914. The summed E-state index contributed by atoms with van der Waals surface area (Å²) in [5.74, 6) is 1.24. The first kappa shape index (κ1) is 13.2. The summed E-state index contributed by atoms with van der Waals surface area (Å²) >= 11 is 8.35. The standard InChI is InChI=1S/C12H20ClN3S/c1-4-16-10(9(13)8-15-16)11(14-3)12(2)6-5-7-17-12/h8,11,14H,4-7H2,1-3H3. The molecule has 0 amide bonds. The molecule has 2 unspecified atom stereocenters. The van der Waals surface area contributed by atoms with Gasteiger partial charge in [-0.05, 0) is 39.5 Å². The largest absolute Gasteiger partial charge is 0.311 e. The average molecular weight is 274 g/mol. The van der Waals surface area contributed by atoms with Gasteiger partial charge < -0.3 is 5.32 Å². The lowest BCUT2D eigenvalue weighted by Crippen LogP contribution is -2.37. The smallest absolute Gasteiger partial charge is 0.0834 e. The van der Waals surface area contributed by atoms with Crippen molar-refractivity contribution in [3.8, 4) is 0 Å². The van der Waals surface area contributed by atoms with Crippen LogP contribution in [0, 0.1) is 0 Å². The van der Waals surface area contributed by atoms with Gasteiger partial charge >= 0.3 is 0 Å². The van der Waals surface area contributed by atoms with E-state index < -0.39 is 0 Å². The number of nitrogens with one attached hydrogen (secondary N) is 1. The first-order valence-electron chi connectivity index (χ1n) is 6.15. The minimum absolute atomic E-state index is 0.228. The Labute approximate surface area is 112 Å². The molecule has 3 nitrogen and oxygen atoms in total. The summed E-state index contributed by atoms with van der Waals surface area (Å²) in [7, 11) is 2.01. The molecule has 0 spiro atoms. The third-order valence-electron chi connectivity index (χ3n) is 3.55. The molecule has 96 valence electrons. The van der Waals surface area contributed by atoms with Gasteiger partial charge in [0.25, 0.3) is 0 Å². The molecule has 0 aromatic carbocycles. The van der Waals surface area contributed by atoms with E-state index >= 15 is 0 Å². The molecule has 2 heterocycles. The number of hydrogen-bond donors (Lipinski definition) is 1. The van der Waals surface area contributed by atoms with Crippen molar-refractivity contribution in [1.29, 1.82) is 0 Å². The van der Waals surface area contributed by atoms with Crippen LogP contribution in [0.3, 0.4) is 0 Å². The Kier molecular flexibility index (Phi) is 4.06. The molecule has 0 bridgehead atoms. The fourth-order valence-electron chi connectivity index (χ4n) is 2.67. The highest BCUT2D eigenvalue weighted by Gasteiger charge is 2.40. The van der Waals surface area contributed by atoms with E-state index in [1.165, 1.54) is 18.6 Å². The zero-order chi connectivity index (χ0) is 12.5. The summed E-state index contributed by atoms with van der Waals surface area (Å²) in [5, 5.41) is 8.56. The first-order chi connectivity index (χ1) is 8.12. The van der Waals surface area contributed by atoms with E-state index in [2.05, 4.69) is 24.3 Å². The van der Waals surface area contributed by atoms with Crippen LogP contribution >= 0.6 is 23.4 Å². The van der Waals surface area contributed by atoms with Crippen LogP contribution in [-0.2, 0) is 6.54 Å². The zero-order valence-electron chi connectivity index (χ0n) is 10.7. The highest BCUT2D eigenvalue weighted by molar-refractivity contribution is 8.00. The van der Waals surface area contributed by atoms with Crippen LogP contribution in [0.4, 0.5) is 0 Å². The van der Waals surface area contributed by atoms with E-state index in [1.54, 1.807) is 6.20 Å². The molecule has 1 fully saturated rings. The van der Waals surface area contributed by atoms with Gasteiger partial charge in [0.2, 0.25) is 0 Å². The molecule has 1 aromatic rings. The summed E-state index contributed by atoms with van der Waals surface area (Å²) in [4.78, 5) is 0. The Morgan fingerprint density at radius 2 is 2.47 bits per heavy atom. The van der Waals surface area contributed by atoms with Crippen molar-refractivity contribution in [2.45, 2.75) is 44.0 Å². The van der Waals surface area contributed by atoms with Crippen LogP contribution < -0.4 is 5.32 Å². The molecule has 1 aromatic heterocycles. The third-order valence-corrected chi connectivity index (χ3v) is 5.44. The lowest BCUT2D eigenvalue weighted by atomic mass is 9.93. The maximum Gasteiger partial charge on any atom is 0.0834 e. The van der Waals surface area contributed by atoms with Gasteiger partial charge in [-0.15, -0.1) is 0 Å². The van der Waals surface area contributed by atoms with Crippen LogP contribution in [0.1, 0.15) is 38.4 Å². The number of halogens is 1. The molecule has 0 radical (unpaired) electrons. The lowest BCUT2D eigenvalue weighted by Gasteiger charge is -2.33. The molecule has 5 heteroatoms. The second-order valence-electron chi connectivity index (χ2n) is 4.68. The summed E-state index contributed by atoms with van der Waals surface area (Å²) in [6.45, 7) is 5.29. The fraction of sp³-hybridized carbons (Fsp3) is 0.750. The molecule has 0 aliphatic carbocycles. The van der Waals surface area contributed by atoms with Crippen LogP contribution in [0.25, 0.3) is 0 Å². The highest BCUT2D eigenvalue weighted by Crippen LogP contribution is 2.47. The summed E-state index contributed by atoms with van der Waals surface area (Å²) in [6, 6.07) is 0.268. The van der Waals surface area contributed by atoms with Gasteiger partial charge in [-0.3, -0.25) is 4.68 Å². The zero-order valence-corrected chi connectivity index (χ0v) is 12.2. The Balaban J connectivity index is 2.37. The topological polar surface area (TPSA) is 29.9 Å². The first-order valence-corrected chi connectivity index (χ1v) is 7.51. The van der Waals surface area contributed by atoms with E-state index in [-0.39, 0.29) is 10.8 Å². The van der Waals surface area contributed by atoms with Gasteiger partial charge in [-0.25, -0.2) is 0 Å². The van der Waals surface area contributed by atoms with Gasteiger partial charge in [0.15, 0.2) is 0 Å². The molecule has 1 aliphatic rings. The maximum absolute atomic E-state index is 6.31. The number of aromatic nitrogens is 2. The second kappa shape index (κ2) is 5.21. The lowest BCUT2D eigenvalue weighted by molar-refractivity contribution is 0.410. The van der Waals surface area contributed by atoms with Crippen molar-refractivity contribution in [1.82, 2.24) is 15.1 Å². The Bertz CT molecular complexity index is 385. The Morgan fingerprint density at radius 1 is 1.71 bits per heavy atom. The minimum atomic E-state index is 0.228. The van der Waals surface area contributed by atoms with Crippen molar-refractivity contribution < 1.29 is 0 Å². The van der Waals surface area contributed by atoms with Gasteiger partial charge in [0.1, 0.15) is 0 Å². The predicted molar refractivity (Wildman–Crippen MR) is 74.8 cm³/mol. The molecule has 1 N–H and O–H groups in total. The van der Waals surface area contributed by atoms with Crippen LogP contribution in [0.2, 0.25) is 5.02 Å². The van der Waals surface area contributed by atoms with E-state index in [4.69, 9.17) is 11.6 Å². The van der Waals surface area contributed by atoms with Crippen molar-refractivity contribution in [3.05, 3.63) is 16.9 Å². The van der Waals surface area contributed by atoms with Crippen molar-refractivity contribution in [2.75, 3.05) is 12.8 Å². The molecule has 2 atom stereocenters. The van der Waals surface area contributed by atoms with E-state index in [9.17, 15) is 0 Å². The number of nitrogens with zero attached hydrogens (tertiary/aromatic N) is 2. The number of thioether (sulfide) groups is 1. The minimum Gasteiger partial charge on any atom is -0.311 e. The number of rotatable bonds is 4. The second-order valence-corrected chi connectivity index (χ2v) is 6.72. The van der Waals surface area contributed by atoms with Gasteiger partial charge in [0, 0.05) is 11.3 Å². The number of aryl methyl sites for hydroxylation is 1. The molecular formula is C12H20ClN3S. The maximum atomic E-state index is 6.31. The normalized spacial score (nSPS) is 26.4. The summed E-state index contributed by atoms with van der Waals surface area (Å²) in [6.07, 6.45) is 4.28. The predicted octanol–water partition coefficient (Wildman–Crippen LogP) is 3.10. The molecular weight excluding hydrogens is 254 g/mol. The molecule has 17 heavy (non-hydrogen) atoms. The van der Waals surface area contributed by atoms with Crippen molar-refractivity contribution in [3.63, 3.8) is 0 Å². The van der Waals surface area contributed by atoms with Gasteiger partial charge in [-0.2, -0.15) is 16.9 Å². The highest BCUT2D eigenvalue weighted by atomic mass is 35.5. The van der Waals surface area contributed by atoms with Crippen molar-refractivity contribution >= 4 is 23.4 Å². The Morgan fingerprint density at radius 3 is 3.00 bits per heavy atom.